The predicted octanol–water partition coefficient (Wildman–Crippen LogP) is 16.7. The van der Waals surface area contributed by atoms with Gasteiger partial charge in [-0.05, 0) is 140 Å². The Balaban J connectivity index is 1.01. The molecule has 0 aliphatic heterocycles. The Morgan fingerprint density at radius 3 is 1.32 bits per heavy atom. The van der Waals surface area contributed by atoms with Crippen molar-refractivity contribution >= 4 is 70.9 Å². The third-order valence-corrected chi connectivity index (χ3v) is 13.4. The van der Waals surface area contributed by atoms with Crippen LogP contribution in [0.4, 0.5) is 0 Å². The normalized spacial score (nSPS) is 11.9. The molecule has 0 aliphatic rings. The van der Waals surface area contributed by atoms with Gasteiger partial charge in [-0.25, -0.2) is 9.97 Å². The van der Waals surface area contributed by atoms with Crippen molar-refractivity contribution in [3.63, 3.8) is 0 Å². The molecule has 0 spiro atoms. The Hall–Kier alpha value is -8.73. The van der Waals surface area contributed by atoms with Gasteiger partial charge in [-0.15, -0.1) is 0 Å². The third-order valence-electron chi connectivity index (χ3n) is 13.4. The number of aromatic nitrogens is 2. The number of nitrogens with zero attached hydrogens (tertiary/aromatic N) is 2. The standard InChI is InChI=1S/C64H44N2O2/c1-40(67)32-53(68)29-26-41-12-2-5-15-54(41)50-37-51(57-18-8-6-16-55(57)42-27-30-59-44(33-42)22-24-48-35-46-13-3-10-20-61(46)65-63(48)59)39-52(38-50)58-19-9-7-17-56(58)43-28-31-60-45(34-43)23-25-49-36-47-14-4-11-21-62(47)66-64(49)60/h2-25,27-28,30-39,67H,26,29H2,1H3/b40-32-. The molecule has 322 valence electrons. The predicted molar refractivity (Wildman–Crippen MR) is 284 cm³/mol. The van der Waals surface area contributed by atoms with Crippen LogP contribution in [0.5, 0.6) is 0 Å². The Kier molecular flexibility index (Phi) is 10.1. The number of carbonyl (C=O) groups is 1. The molecule has 0 fully saturated rings. The van der Waals surface area contributed by atoms with Gasteiger partial charge in [0.2, 0.25) is 0 Å². The molecule has 0 unspecified atom stereocenters. The highest BCUT2D eigenvalue weighted by atomic mass is 16.3. The number of benzene rings is 10. The van der Waals surface area contributed by atoms with Crippen molar-refractivity contribution in [1.82, 2.24) is 9.97 Å². The minimum atomic E-state index is -0.0999. The summed E-state index contributed by atoms with van der Waals surface area (Å²) in [5.41, 5.74) is 16.1. The van der Waals surface area contributed by atoms with Crippen LogP contribution in [0.2, 0.25) is 0 Å². The van der Waals surface area contributed by atoms with E-state index in [1.54, 1.807) is 0 Å². The molecule has 4 nitrogen and oxygen atoms in total. The summed E-state index contributed by atoms with van der Waals surface area (Å²) in [5.74, 6) is -0.0785. The maximum absolute atomic E-state index is 12.9. The van der Waals surface area contributed by atoms with Crippen molar-refractivity contribution in [2.24, 2.45) is 0 Å². The lowest BCUT2D eigenvalue weighted by Gasteiger charge is -2.18. The van der Waals surface area contributed by atoms with Crippen LogP contribution >= 0.6 is 0 Å². The average molecular weight is 873 g/mol. The van der Waals surface area contributed by atoms with Gasteiger partial charge in [-0.1, -0.05) is 158 Å². The number of aryl methyl sites for hydroxylation is 1. The molecule has 0 radical (unpaired) electrons. The molecule has 0 atom stereocenters. The molecule has 12 rings (SSSR count). The summed E-state index contributed by atoms with van der Waals surface area (Å²) >= 11 is 0. The smallest absolute Gasteiger partial charge is 0.159 e. The van der Waals surface area contributed by atoms with Crippen LogP contribution in [0, 0.1) is 0 Å². The summed E-state index contributed by atoms with van der Waals surface area (Å²) in [6.07, 6.45) is 2.15. The fraction of sp³-hybridized carbons (Fsp3) is 0.0469. The Morgan fingerprint density at radius 1 is 0.412 bits per heavy atom. The second-order valence-electron chi connectivity index (χ2n) is 17.8. The molecule has 4 heteroatoms. The van der Waals surface area contributed by atoms with E-state index in [1.807, 2.05) is 18.2 Å². The largest absolute Gasteiger partial charge is 0.512 e. The summed E-state index contributed by atoms with van der Waals surface area (Å²) in [4.78, 5) is 23.1. The molecular weight excluding hydrogens is 829 g/mol. The minimum Gasteiger partial charge on any atom is -0.512 e. The van der Waals surface area contributed by atoms with E-state index in [1.165, 1.54) is 13.0 Å². The molecule has 68 heavy (non-hydrogen) atoms. The topological polar surface area (TPSA) is 63.1 Å². The molecule has 0 saturated heterocycles. The van der Waals surface area contributed by atoms with Crippen LogP contribution in [0.15, 0.2) is 224 Å². The lowest BCUT2D eigenvalue weighted by molar-refractivity contribution is -0.114. The van der Waals surface area contributed by atoms with Crippen LogP contribution in [-0.2, 0) is 11.2 Å². The lowest BCUT2D eigenvalue weighted by Crippen LogP contribution is -1.99. The molecule has 0 bridgehead atoms. The van der Waals surface area contributed by atoms with Crippen molar-refractivity contribution < 1.29 is 9.90 Å². The molecular formula is C64H44N2O2. The number of fused-ring (bicyclic) bond motifs is 8. The summed E-state index contributed by atoms with van der Waals surface area (Å²) in [7, 11) is 0. The molecule has 2 heterocycles. The van der Waals surface area contributed by atoms with E-state index in [-0.39, 0.29) is 11.5 Å². The molecule has 0 saturated carbocycles. The Morgan fingerprint density at radius 2 is 0.824 bits per heavy atom. The Bertz CT molecular complexity index is 3810. The maximum atomic E-state index is 12.9. The highest BCUT2D eigenvalue weighted by molar-refractivity contribution is 6.11. The lowest BCUT2D eigenvalue weighted by atomic mass is 9.86. The molecule has 0 aliphatic carbocycles. The quantitative estimate of drug-likeness (QED) is 0.0679. The van der Waals surface area contributed by atoms with Crippen LogP contribution in [0.1, 0.15) is 18.9 Å². The van der Waals surface area contributed by atoms with E-state index in [4.69, 9.17) is 9.97 Å². The number of carbonyl (C=O) groups excluding carboxylic acids is 1. The Labute approximate surface area is 394 Å². The van der Waals surface area contributed by atoms with Crippen molar-refractivity contribution in [1.29, 1.82) is 0 Å². The number of pyridine rings is 2. The first-order valence-corrected chi connectivity index (χ1v) is 23.2. The van der Waals surface area contributed by atoms with Gasteiger partial charge < -0.3 is 5.11 Å². The van der Waals surface area contributed by atoms with Gasteiger partial charge in [0.1, 0.15) is 0 Å². The van der Waals surface area contributed by atoms with Crippen LogP contribution in [0.25, 0.3) is 121 Å². The number of hydrogen-bond acceptors (Lipinski definition) is 4. The number of hydrogen-bond donors (Lipinski definition) is 1. The second-order valence-corrected chi connectivity index (χ2v) is 17.8. The highest BCUT2D eigenvalue weighted by Gasteiger charge is 2.17. The zero-order valence-corrected chi connectivity index (χ0v) is 37.4. The maximum Gasteiger partial charge on any atom is 0.159 e. The van der Waals surface area contributed by atoms with E-state index in [2.05, 4.69) is 194 Å². The molecule has 0 amide bonds. The molecule has 12 aromatic rings. The second kappa shape index (κ2) is 16.9. The van der Waals surface area contributed by atoms with Crippen molar-refractivity contribution in [3.8, 4) is 55.6 Å². The summed E-state index contributed by atoms with van der Waals surface area (Å²) in [6, 6.07) is 76.0. The minimum absolute atomic E-state index is 0.0214. The van der Waals surface area contributed by atoms with Gasteiger partial charge in [-0.2, -0.15) is 0 Å². The van der Waals surface area contributed by atoms with Gasteiger partial charge in [0.25, 0.3) is 0 Å². The highest BCUT2D eigenvalue weighted by Crippen LogP contribution is 2.42. The number of aliphatic hydroxyl groups is 1. The first kappa shape index (κ1) is 40.8. The van der Waals surface area contributed by atoms with Gasteiger partial charge >= 0.3 is 0 Å². The first-order valence-electron chi connectivity index (χ1n) is 23.2. The van der Waals surface area contributed by atoms with E-state index >= 15 is 0 Å². The van der Waals surface area contributed by atoms with E-state index in [9.17, 15) is 9.90 Å². The molecule has 1 N–H and O–H groups in total. The van der Waals surface area contributed by atoms with Gasteiger partial charge in [0.15, 0.2) is 5.78 Å². The van der Waals surface area contributed by atoms with Crippen LogP contribution in [0.3, 0.4) is 0 Å². The van der Waals surface area contributed by atoms with Crippen molar-refractivity contribution in [2.45, 2.75) is 19.8 Å². The third kappa shape index (κ3) is 7.52. The average Bonchev–Trinajstić information content (AvgIpc) is 3.38. The number of rotatable bonds is 9. The number of aliphatic hydroxyl groups excluding tert-OH is 1. The number of ketones is 1. The van der Waals surface area contributed by atoms with Gasteiger partial charge in [0, 0.05) is 44.8 Å². The van der Waals surface area contributed by atoms with E-state index < -0.39 is 0 Å². The van der Waals surface area contributed by atoms with Crippen molar-refractivity contribution in [3.05, 3.63) is 230 Å². The number of para-hydroxylation sites is 2. The summed E-state index contributed by atoms with van der Waals surface area (Å²) in [5, 5.41) is 18.9. The SMILES string of the molecule is C/C(O)=C/C(=O)CCc1ccccc1-c1cc(-c2ccccc2-c2ccc3c(ccc4cc5ccccc5nc43)c2)cc(-c2ccccc2-c2ccc3c(ccc4cc5ccccc5nc43)c2)c1. The fourth-order valence-corrected chi connectivity index (χ4v) is 10.1. The monoisotopic (exact) mass is 872 g/mol. The van der Waals surface area contributed by atoms with Crippen LogP contribution < -0.4 is 0 Å². The van der Waals surface area contributed by atoms with Crippen LogP contribution in [-0.4, -0.2) is 20.9 Å². The molecule has 2 aromatic heterocycles. The van der Waals surface area contributed by atoms with E-state index in [0.29, 0.717) is 12.8 Å². The van der Waals surface area contributed by atoms with Gasteiger partial charge in [0.05, 0.1) is 27.8 Å². The van der Waals surface area contributed by atoms with E-state index in [0.717, 1.165) is 126 Å². The van der Waals surface area contributed by atoms with Crippen molar-refractivity contribution in [2.75, 3.05) is 0 Å². The zero-order chi connectivity index (χ0) is 45.7. The summed E-state index contributed by atoms with van der Waals surface area (Å²) in [6.45, 7) is 1.53. The summed E-state index contributed by atoms with van der Waals surface area (Å²) < 4.78 is 0. The zero-order valence-electron chi connectivity index (χ0n) is 37.4. The van der Waals surface area contributed by atoms with Gasteiger partial charge in [-0.3, -0.25) is 4.79 Å². The first-order chi connectivity index (χ1) is 33.4. The molecule has 10 aromatic carbocycles. The fourth-order valence-electron chi connectivity index (χ4n) is 10.1. The number of allylic oxidation sites excluding steroid dienone is 2.